The fraction of sp³-hybridized carbons (Fsp3) is 0.0769. The fourth-order valence-corrected chi connectivity index (χ4v) is 2.29. The van der Waals surface area contributed by atoms with Gasteiger partial charge >= 0.3 is 0 Å². The van der Waals surface area contributed by atoms with Gasteiger partial charge in [0.25, 0.3) is 5.91 Å². The molecule has 0 spiro atoms. The fourth-order valence-electron chi connectivity index (χ4n) is 1.70. The third-order valence-corrected chi connectivity index (χ3v) is 3.60. The zero-order valence-electron chi connectivity index (χ0n) is 11.0. The van der Waals surface area contributed by atoms with Gasteiger partial charge in [0.2, 0.25) is 10.0 Å². The Hall–Kier alpha value is -2.32. The first-order chi connectivity index (χ1) is 9.77. The van der Waals surface area contributed by atoms with Gasteiger partial charge in [0.05, 0.1) is 0 Å². The van der Waals surface area contributed by atoms with E-state index in [9.17, 15) is 17.6 Å². The number of hydrogen-bond donors (Lipinski definition) is 2. The van der Waals surface area contributed by atoms with Crippen LogP contribution in [-0.2, 0) is 10.0 Å². The molecule has 0 saturated carbocycles. The summed E-state index contributed by atoms with van der Waals surface area (Å²) in [4.78, 5) is 15.3. The van der Waals surface area contributed by atoms with Crippen LogP contribution in [-0.4, -0.2) is 19.3 Å². The van der Waals surface area contributed by atoms with Crippen molar-refractivity contribution in [2.24, 2.45) is 5.14 Å². The average molecular weight is 309 g/mol. The molecule has 8 heteroatoms. The number of carbonyl (C=O) groups excluding carboxylic acids is 1. The highest BCUT2D eigenvalue weighted by molar-refractivity contribution is 7.89. The first kappa shape index (κ1) is 15.1. The number of nitrogens with one attached hydrogen (secondary N) is 1. The van der Waals surface area contributed by atoms with E-state index < -0.39 is 26.6 Å². The topological polar surface area (TPSA) is 102 Å². The number of hydrogen-bond acceptors (Lipinski definition) is 4. The minimum absolute atomic E-state index is 0.124. The zero-order valence-corrected chi connectivity index (χ0v) is 11.8. The molecule has 21 heavy (non-hydrogen) atoms. The molecule has 2 rings (SSSR count). The number of nitrogens with zero attached hydrogens (tertiary/aromatic N) is 1. The smallest absolute Gasteiger partial charge is 0.255 e. The molecular formula is C13H12FN3O3S. The van der Waals surface area contributed by atoms with Crippen molar-refractivity contribution >= 4 is 21.6 Å². The van der Waals surface area contributed by atoms with Gasteiger partial charge in [-0.1, -0.05) is 0 Å². The number of benzene rings is 1. The predicted molar refractivity (Wildman–Crippen MR) is 74.7 cm³/mol. The minimum atomic E-state index is -4.13. The summed E-state index contributed by atoms with van der Waals surface area (Å²) in [6.07, 6.45) is 1.48. The maximum atomic E-state index is 13.6. The molecular weight excluding hydrogens is 297 g/mol. The highest BCUT2D eigenvalue weighted by Gasteiger charge is 2.15. The van der Waals surface area contributed by atoms with Crippen LogP contribution < -0.4 is 10.5 Å². The highest BCUT2D eigenvalue weighted by atomic mass is 32.2. The molecule has 110 valence electrons. The molecule has 1 aromatic heterocycles. The third-order valence-electron chi connectivity index (χ3n) is 2.66. The zero-order chi connectivity index (χ0) is 15.6. The van der Waals surface area contributed by atoms with Crippen LogP contribution in [0.3, 0.4) is 0 Å². The summed E-state index contributed by atoms with van der Waals surface area (Å²) in [6, 6.07) is 6.24. The lowest BCUT2D eigenvalue weighted by molar-refractivity contribution is 0.102. The summed E-state index contributed by atoms with van der Waals surface area (Å²) in [5.41, 5.74) is 1.15. The van der Waals surface area contributed by atoms with Gasteiger partial charge in [-0.2, -0.15) is 0 Å². The Bertz CT molecular complexity index is 806. The molecule has 0 radical (unpaired) electrons. The molecule has 3 N–H and O–H groups in total. The molecule has 1 aromatic carbocycles. The second kappa shape index (κ2) is 5.58. The largest absolute Gasteiger partial charge is 0.322 e. The Labute approximate surface area is 120 Å². The van der Waals surface area contributed by atoms with Crippen molar-refractivity contribution in [2.45, 2.75) is 11.8 Å². The number of aromatic nitrogens is 1. The molecule has 2 aromatic rings. The molecule has 1 amide bonds. The van der Waals surface area contributed by atoms with E-state index in [0.717, 1.165) is 12.1 Å². The van der Waals surface area contributed by atoms with Gasteiger partial charge < -0.3 is 5.32 Å². The molecule has 1 heterocycles. The molecule has 0 saturated heterocycles. The molecule has 0 aliphatic carbocycles. The van der Waals surface area contributed by atoms with Crippen molar-refractivity contribution in [1.29, 1.82) is 0 Å². The van der Waals surface area contributed by atoms with E-state index in [1.165, 1.54) is 18.3 Å². The first-order valence-corrected chi connectivity index (χ1v) is 7.38. The molecule has 0 aliphatic heterocycles. The summed E-state index contributed by atoms with van der Waals surface area (Å²) < 4.78 is 35.8. The van der Waals surface area contributed by atoms with Crippen molar-refractivity contribution in [2.75, 3.05) is 5.32 Å². The molecule has 6 nitrogen and oxygen atoms in total. The van der Waals surface area contributed by atoms with E-state index in [2.05, 4.69) is 10.3 Å². The van der Waals surface area contributed by atoms with Gasteiger partial charge in [-0.25, -0.2) is 17.9 Å². The standard InChI is InChI=1S/C13H12FN3O3S/c1-8-6-9(4-5-16-8)13(18)17-10-2-3-12(11(14)7-10)21(15,19)20/h2-7H,1H3,(H,17,18)(H2,15,19,20). The van der Waals surface area contributed by atoms with Crippen LogP contribution in [0, 0.1) is 12.7 Å². The molecule has 0 aliphatic rings. The van der Waals surface area contributed by atoms with Crippen LogP contribution in [0.4, 0.5) is 10.1 Å². The van der Waals surface area contributed by atoms with E-state index in [4.69, 9.17) is 5.14 Å². The van der Waals surface area contributed by atoms with Gasteiger partial charge in [-0.15, -0.1) is 0 Å². The number of amides is 1. The Morgan fingerprint density at radius 2 is 2.00 bits per heavy atom. The van der Waals surface area contributed by atoms with Crippen LogP contribution in [0.5, 0.6) is 0 Å². The van der Waals surface area contributed by atoms with E-state index in [0.29, 0.717) is 11.3 Å². The molecule has 0 bridgehead atoms. The molecule has 0 atom stereocenters. The summed E-state index contributed by atoms with van der Waals surface area (Å²) in [5.74, 6) is -1.48. The van der Waals surface area contributed by atoms with E-state index in [1.54, 1.807) is 13.0 Å². The number of rotatable bonds is 3. The van der Waals surface area contributed by atoms with E-state index in [1.807, 2.05) is 0 Å². The summed E-state index contributed by atoms with van der Waals surface area (Å²) in [7, 11) is -4.13. The van der Waals surface area contributed by atoms with Crippen molar-refractivity contribution in [1.82, 2.24) is 4.98 Å². The number of anilines is 1. The second-order valence-electron chi connectivity index (χ2n) is 4.33. The average Bonchev–Trinajstić information content (AvgIpc) is 2.37. The van der Waals surface area contributed by atoms with E-state index >= 15 is 0 Å². The summed E-state index contributed by atoms with van der Waals surface area (Å²) in [5, 5.41) is 7.32. The number of aryl methyl sites for hydroxylation is 1. The summed E-state index contributed by atoms with van der Waals surface area (Å²) in [6.45, 7) is 1.73. The Morgan fingerprint density at radius 3 is 2.57 bits per heavy atom. The normalized spacial score (nSPS) is 11.2. The number of halogens is 1. The van der Waals surface area contributed by atoms with Crippen LogP contribution in [0.2, 0.25) is 0 Å². The van der Waals surface area contributed by atoms with Gasteiger partial charge in [-0.3, -0.25) is 9.78 Å². The van der Waals surface area contributed by atoms with Gasteiger partial charge in [0.1, 0.15) is 10.7 Å². The third kappa shape index (κ3) is 3.61. The van der Waals surface area contributed by atoms with Crippen LogP contribution in [0.25, 0.3) is 0 Å². The van der Waals surface area contributed by atoms with Crippen LogP contribution in [0.15, 0.2) is 41.4 Å². The van der Waals surface area contributed by atoms with Gasteiger partial charge in [-0.05, 0) is 37.3 Å². The Kier molecular flexibility index (Phi) is 4.01. The van der Waals surface area contributed by atoms with Crippen molar-refractivity contribution in [3.63, 3.8) is 0 Å². The van der Waals surface area contributed by atoms with Crippen molar-refractivity contribution in [3.05, 3.63) is 53.6 Å². The molecule has 0 fully saturated rings. The Balaban J connectivity index is 2.25. The van der Waals surface area contributed by atoms with Crippen LogP contribution in [0.1, 0.15) is 16.1 Å². The Morgan fingerprint density at radius 1 is 1.29 bits per heavy atom. The minimum Gasteiger partial charge on any atom is -0.322 e. The lowest BCUT2D eigenvalue weighted by Gasteiger charge is -2.07. The van der Waals surface area contributed by atoms with Gasteiger partial charge in [0, 0.05) is 23.1 Å². The lowest BCUT2D eigenvalue weighted by Crippen LogP contribution is -2.15. The monoisotopic (exact) mass is 309 g/mol. The highest BCUT2D eigenvalue weighted by Crippen LogP contribution is 2.18. The quantitative estimate of drug-likeness (QED) is 0.895. The number of nitrogens with two attached hydrogens (primary N) is 1. The molecule has 0 unspecified atom stereocenters. The first-order valence-electron chi connectivity index (χ1n) is 5.84. The maximum absolute atomic E-state index is 13.6. The number of primary sulfonamides is 1. The van der Waals surface area contributed by atoms with Crippen molar-refractivity contribution < 1.29 is 17.6 Å². The number of pyridine rings is 1. The number of carbonyl (C=O) groups is 1. The lowest BCUT2D eigenvalue weighted by atomic mass is 10.2. The van der Waals surface area contributed by atoms with E-state index in [-0.39, 0.29) is 5.69 Å². The van der Waals surface area contributed by atoms with Gasteiger partial charge in [0.15, 0.2) is 0 Å². The van der Waals surface area contributed by atoms with Crippen LogP contribution >= 0.6 is 0 Å². The SMILES string of the molecule is Cc1cc(C(=O)Nc2ccc(S(N)(=O)=O)c(F)c2)ccn1. The maximum Gasteiger partial charge on any atom is 0.255 e. The van der Waals surface area contributed by atoms with Crippen molar-refractivity contribution in [3.8, 4) is 0 Å². The predicted octanol–water partition coefficient (Wildman–Crippen LogP) is 1.43. The second-order valence-corrected chi connectivity index (χ2v) is 5.86. The number of sulfonamides is 1. The summed E-state index contributed by atoms with van der Waals surface area (Å²) >= 11 is 0.